The first kappa shape index (κ1) is 24.8. The molecule has 160 valence electrons. The number of hydrogen-bond donors (Lipinski definition) is 1. The molecule has 2 aromatic carbocycles. The number of ether oxygens (including phenoxy) is 3. The molecular formula is C21H29FIN3O3. The molecule has 0 aromatic heterocycles. The molecule has 1 N–H and O–H groups in total. The normalized spacial score (nSPS) is 10.8. The van der Waals surface area contributed by atoms with E-state index in [0.717, 1.165) is 11.1 Å². The minimum Gasteiger partial charge on any atom is -0.494 e. The molecule has 6 nitrogen and oxygen atoms in total. The topological polar surface area (TPSA) is 55.3 Å². The monoisotopic (exact) mass is 517 g/mol. The minimum atomic E-state index is -0.377. The third kappa shape index (κ3) is 6.95. The highest BCUT2D eigenvalue weighted by molar-refractivity contribution is 14.0. The van der Waals surface area contributed by atoms with Gasteiger partial charge in [0.15, 0.2) is 29.0 Å². The number of nitrogens with zero attached hydrogens (tertiary/aromatic N) is 2. The summed E-state index contributed by atoms with van der Waals surface area (Å²) in [4.78, 5) is 6.23. The maximum absolute atomic E-state index is 13.9. The Morgan fingerprint density at radius 3 is 2.28 bits per heavy atom. The number of hydrogen-bond acceptors (Lipinski definition) is 4. The van der Waals surface area contributed by atoms with Crippen LogP contribution in [0, 0.1) is 5.82 Å². The van der Waals surface area contributed by atoms with E-state index in [0.29, 0.717) is 37.2 Å². The lowest BCUT2D eigenvalue weighted by Gasteiger charge is -2.22. The number of rotatable bonds is 8. The van der Waals surface area contributed by atoms with Crippen molar-refractivity contribution in [3.05, 3.63) is 53.3 Å². The molecule has 0 amide bonds. The molecule has 0 fully saturated rings. The molecule has 0 aliphatic rings. The summed E-state index contributed by atoms with van der Waals surface area (Å²) in [6.07, 6.45) is 0. The lowest BCUT2D eigenvalue weighted by atomic mass is 10.2. The van der Waals surface area contributed by atoms with Crippen LogP contribution in [0.1, 0.15) is 18.1 Å². The Morgan fingerprint density at radius 1 is 1.03 bits per heavy atom. The summed E-state index contributed by atoms with van der Waals surface area (Å²) < 4.78 is 29.8. The molecule has 0 aliphatic heterocycles. The zero-order valence-corrected chi connectivity index (χ0v) is 19.8. The molecule has 2 aromatic rings. The molecular weight excluding hydrogens is 488 g/mol. The number of benzene rings is 2. The Balaban J connectivity index is 0.00000420. The van der Waals surface area contributed by atoms with E-state index >= 15 is 0 Å². The predicted octanol–water partition coefficient (Wildman–Crippen LogP) is 4.07. The molecule has 0 unspecified atom stereocenters. The smallest absolute Gasteiger partial charge is 0.193 e. The van der Waals surface area contributed by atoms with Crippen molar-refractivity contribution in [1.82, 2.24) is 10.2 Å². The van der Waals surface area contributed by atoms with E-state index in [1.54, 1.807) is 20.2 Å². The Bertz CT molecular complexity index is 818. The first-order chi connectivity index (χ1) is 13.5. The SMILES string of the molecule is CCOc1cc(CNC(=NC)N(C)Cc2ccc(OC)c(F)c2)ccc1OC.I. The fourth-order valence-corrected chi connectivity index (χ4v) is 2.82. The molecule has 0 atom stereocenters. The van der Waals surface area contributed by atoms with Crippen LogP contribution in [-0.2, 0) is 13.1 Å². The Kier molecular flexibility index (Phi) is 10.6. The molecule has 0 heterocycles. The fraction of sp³-hybridized carbons (Fsp3) is 0.381. The third-order valence-corrected chi connectivity index (χ3v) is 4.19. The summed E-state index contributed by atoms with van der Waals surface area (Å²) in [5, 5.41) is 3.31. The average molecular weight is 517 g/mol. The van der Waals surface area contributed by atoms with Crippen molar-refractivity contribution in [2.75, 3.05) is 34.9 Å². The maximum Gasteiger partial charge on any atom is 0.193 e. The summed E-state index contributed by atoms with van der Waals surface area (Å²) in [5.74, 6) is 1.97. The number of nitrogens with one attached hydrogen (secondary N) is 1. The standard InChI is InChI=1S/C21H28FN3O3.HI/c1-6-28-20-12-15(7-10-19(20)27-5)13-24-21(23-2)25(3)14-16-8-9-18(26-4)17(22)11-16;/h7-12H,6,13-14H2,1-5H3,(H,23,24);1H. The summed E-state index contributed by atoms with van der Waals surface area (Å²) in [5.41, 5.74) is 1.86. The predicted molar refractivity (Wildman–Crippen MR) is 124 cm³/mol. The zero-order chi connectivity index (χ0) is 20.5. The van der Waals surface area contributed by atoms with Gasteiger partial charge in [-0.25, -0.2) is 4.39 Å². The number of guanidine groups is 1. The van der Waals surface area contributed by atoms with E-state index in [1.807, 2.05) is 43.1 Å². The summed E-state index contributed by atoms with van der Waals surface area (Å²) in [6, 6.07) is 10.7. The molecule has 0 aliphatic carbocycles. The van der Waals surface area contributed by atoms with Gasteiger partial charge in [0, 0.05) is 27.2 Å². The van der Waals surface area contributed by atoms with E-state index in [2.05, 4.69) is 10.3 Å². The van der Waals surface area contributed by atoms with Gasteiger partial charge in [0.25, 0.3) is 0 Å². The van der Waals surface area contributed by atoms with Gasteiger partial charge >= 0.3 is 0 Å². The molecule has 0 bridgehead atoms. The van der Waals surface area contributed by atoms with Crippen LogP contribution < -0.4 is 19.5 Å². The Labute approximate surface area is 189 Å². The van der Waals surface area contributed by atoms with Crippen molar-refractivity contribution >= 4 is 29.9 Å². The number of methoxy groups -OCH3 is 2. The van der Waals surface area contributed by atoms with Crippen LogP contribution in [0.4, 0.5) is 4.39 Å². The van der Waals surface area contributed by atoms with Gasteiger partial charge in [-0.05, 0) is 42.3 Å². The molecule has 0 saturated heterocycles. The van der Waals surface area contributed by atoms with E-state index in [-0.39, 0.29) is 35.5 Å². The average Bonchev–Trinajstić information content (AvgIpc) is 2.69. The van der Waals surface area contributed by atoms with Gasteiger partial charge in [-0.1, -0.05) is 12.1 Å². The number of halogens is 2. The van der Waals surface area contributed by atoms with Gasteiger partial charge in [-0.3, -0.25) is 4.99 Å². The van der Waals surface area contributed by atoms with E-state index < -0.39 is 0 Å². The quantitative estimate of drug-likeness (QED) is 0.325. The van der Waals surface area contributed by atoms with Gasteiger partial charge < -0.3 is 24.4 Å². The summed E-state index contributed by atoms with van der Waals surface area (Å²) in [6.45, 7) is 3.57. The van der Waals surface area contributed by atoms with Gasteiger partial charge in [0.05, 0.1) is 20.8 Å². The zero-order valence-electron chi connectivity index (χ0n) is 17.5. The molecule has 0 saturated carbocycles. The summed E-state index contributed by atoms with van der Waals surface area (Å²) in [7, 11) is 6.69. The molecule has 2 rings (SSSR count). The van der Waals surface area contributed by atoms with Crippen molar-refractivity contribution < 1.29 is 18.6 Å². The second-order valence-corrected chi connectivity index (χ2v) is 6.14. The van der Waals surface area contributed by atoms with Gasteiger partial charge in [-0.15, -0.1) is 24.0 Å². The highest BCUT2D eigenvalue weighted by Crippen LogP contribution is 2.28. The van der Waals surface area contributed by atoms with Crippen LogP contribution in [0.15, 0.2) is 41.4 Å². The maximum atomic E-state index is 13.9. The van der Waals surface area contributed by atoms with E-state index in [9.17, 15) is 4.39 Å². The van der Waals surface area contributed by atoms with E-state index in [4.69, 9.17) is 14.2 Å². The lowest BCUT2D eigenvalue weighted by Crippen LogP contribution is -2.38. The van der Waals surface area contributed by atoms with Crippen molar-refractivity contribution in [3.8, 4) is 17.2 Å². The molecule has 0 radical (unpaired) electrons. The van der Waals surface area contributed by atoms with Gasteiger partial charge in [-0.2, -0.15) is 0 Å². The molecule has 29 heavy (non-hydrogen) atoms. The largest absolute Gasteiger partial charge is 0.494 e. The third-order valence-electron chi connectivity index (χ3n) is 4.19. The van der Waals surface area contributed by atoms with E-state index in [1.165, 1.54) is 13.2 Å². The molecule has 0 spiro atoms. The highest BCUT2D eigenvalue weighted by atomic mass is 127. The number of aliphatic imine (C=N–C) groups is 1. The van der Waals surface area contributed by atoms with Crippen molar-refractivity contribution in [2.45, 2.75) is 20.0 Å². The first-order valence-electron chi connectivity index (χ1n) is 9.06. The Morgan fingerprint density at radius 2 is 1.69 bits per heavy atom. The van der Waals surface area contributed by atoms with Crippen molar-refractivity contribution in [2.24, 2.45) is 4.99 Å². The van der Waals surface area contributed by atoms with Crippen molar-refractivity contribution in [1.29, 1.82) is 0 Å². The molecule has 8 heteroatoms. The van der Waals surface area contributed by atoms with Crippen LogP contribution in [-0.4, -0.2) is 45.8 Å². The Hall–Kier alpha value is -2.23. The lowest BCUT2D eigenvalue weighted by molar-refractivity contribution is 0.310. The van der Waals surface area contributed by atoms with Crippen LogP contribution in [0.2, 0.25) is 0 Å². The van der Waals surface area contributed by atoms with Gasteiger partial charge in [0.1, 0.15) is 0 Å². The van der Waals surface area contributed by atoms with Crippen LogP contribution in [0.25, 0.3) is 0 Å². The van der Waals surface area contributed by atoms with Crippen LogP contribution in [0.5, 0.6) is 17.2 Å². The fourth-order valence-electron chi connectivity index (χ4n) is 2.82. The highest BCUT2D eigenvalue weighted by Gasteiger charge is 2.10. The van der Waals surface area contributed by atoms with Crippen LogP contribution in [0.3, 0.4) is 0 Å². The van der Waals surface area contributed by atoms with Crippen molar-refractivity contribution in [3.63, 3.8) is 0 Å². The van der Waals surface area contributed by atoms with Gasteiger partial charge in [0.2, 0.25) is 0 Å². The minimum absolute atomic E-state index is 0. The van der Waals surface area contributed by atoms with Crippen LogP contribution >= 0.6 is 24.0 Å². The first-order valence-corrected chi connectivity index (χ1v) is 9.06. The second-order valence-electron chi connectivity index (χ2n) is 6.14. The second kappa shape index (κ2) is 12.4. The summed E-state index contributed by atoms with van der Waals surface area (Å²) >= 11 is 0.